The van der Waals surface area contributed by atoms with Crippen LogP contribution in [0.15, 0.2) is 54.9 Å². The average molecular weight is 371 g/mol. The van der Waals surface area contributed by atoms with E-state index in [0.29, 0.717) is 11.6 Å². The number of amides is 1. The molecule has 0 unspecified atom stereocenters. The molecule has 6 nitrogen and oxygen atoms in total. The number of hydrogen-bond acceptors (Lipinski definition) is 4. The van der Waals surface area contributed by atoms with Crippen LogP contribution in [0.2, 0.25) is 0 Å². The summed E-state index contributed by atoms with van der Waals surface area (Å²) < 4.78 is 1.96. The van der Waals surface area contributed by atoms with Gasteiger partial charge in [0.25, 0.3) is 5.91 Å². The average Bonchev–Trinajstić information content (AvgIpc) is 3.10. The number of nitrogens with zero attached hydrogens (tertiary/aromatic N) is 5. The molecule has 0 bridgehead atoms. The summed E-state index contributed by atoms with van der Waals surface area (Å²) in [6, 6.07) is 14.0. The third kappa shape index (κ3) is 2.81. The number of likely N-dealkylation sites (tertiary alicyclic amines) is 1. The first-order chi connectivity index (χ1) is 13.7. The Labute approximate surface area is 162 Å². The molecule has 0 spiro atoms. The quantitative estimate of drug-likeness (QED) is 0.540. The van der Waals surface area contributed by atoms with Crippen LogP contribution in [0.25, 0.3) is 16.6 Å². The van der Waals surface area contributed by atoms with Gasteiger partial charge in [-0.2, -0.15) is 0 Å². The Bertz CT molecular complexity index is 1170. The normalized spacial score (nSPS) is 15.4. The first-order valence-electron chi connectivity index (χ1n) is 9.65. The van der Waals surface area contributed by atoms with Gasteiger partial charge in [-0.25, -0.2) is 15.0 Å². The Morgan fingerprint density at radius 1 is 1.04 bits per heavy atom. The molecule has 0 radical (unpaired) electrons. The molecule has 0 aliphatic carbocycles. The van der Waals surface area contributed by atoms with Gasteiger partial charge in [-0.3, -0.25) is 4.79 Å². The zero-order chi connectivity index (χ0) is 19.1. The Morgan fingerprint density at radius 2 is 1.89 bits per heavy atom. The molecule has 1 aliphatic rings. The maximum atomic E-state index is 13.1. The topological polar surface area (TPSA) is 63.4 Å². The van der Waals surface area contributed by atoms with Gasteiger partial charge < -0.3 is 9.30 Å². The van der Waals surface area contributed by atoms with Crippen molar-refractivity contribution in [3.05, 3.63) is 72.1 Å². The van der Waals surface area contributed by atoms with E-state index in [-0.39, 0.29) is 5.91 Å². The zero-order valence-electron chi connectivity index (χ0n) is 15.7. The second-order valence-corrected chi connectivity index (χ2v) is 7.32. The van der Waals surface area contributed by atoms with Crippen molar-refractivity contribution in [2.45, 2.75) is 25.7 Å². The fourth-order valence-electron chi connectivity index (χ4n) is 4.07. The number of aromatic nitrogens is 4. The van der Waals surface area contributed by atoms with E-state index in [1.165, 1.54) is 0 Å². The minimum Gasteiger partial charge on any atom is -0.337 e. The first-order valence-corrected chi connectivity index (χ1v) is 9.65. The number of pyridine rings is 3. The summed E-state index contributed by atoms with van der Waals surface area (Å²) in [6.07, 6.45) is 5.53. The van der Waals surface area contributed by atoms with E-state index in [4.69, 9.17) is 4.98 Å². The van der Waals surface area contributed by atoms with Gasteiger partial charge >= 0.3 is 0 Å². The fourth-order valence-corrected chi connectivity index (χ4v) is 4.07. The summed E-state index contributed by atoms with van der Waals surface area (Å²) in [4.78, 5) is 28.6. The van der Waals surface area contributed by atoms with Crippen LogP contribution in [-0.4, -0.2) is 43.2 Å². The van der Waals surface area contributed by atoms with Gasteiger partial charge in [-0.05, 0) is 56.2 Å². The number of hydrogen-bond donors (Lipinski definition) is 0. The van der Waals surface area contributed by atoms with Crippen molar-refractivity contribution in [1.29, 1.82) is 0 Å². The lowest BCUT2D eigenvalue weighted by Gasteiger charge is -2.31. The molecular weight excluding hydrogens is 350 g/mol. The molecule has 5 rings (SSSR count). The smallest absolute Gasteiger partial charge is 0.274 e. The number of piperidine rings is 1. The molecule has 1 aliphatic heterocycles. The summed E-state index contributed by atoms with van der Waals surface area (Å²) >= 11 is 0. The van der Waals surface area contributed by atoms with Crippen LogP contribution in [0.5, 0.6) is 0 Å². The van der Waals surface area contributed by atoms with Crippen molar-refractivity contribution in [3.8, 4) is 0 Å². The molecule has 0 aromatic carbocycles. The van der Waals surface area contributed by atoms with E-state index in [0.717, 1.165) is 54.0 Å². The minimum atomic E-state index is 0.0170. The summed E-state index contributed by atoms with van der Waals surface area (Å²) in [6.45, 7) is 3.36. The van der Waals surface area contributed by atoms with E-state index in [1.54, 1.807) is 6.20 Å². The molecule has 1 amide bonds. The van der Waals surface area contributed by atoms with Gasteiger partial charge in [-0.15, -0.1) is 0 Å². The van der Waals surface area contributed by atoms with Gasteiger partial charge in [0.1, 0.15) is 5.82 Å². The third-order valence-electron chi connectivity index (χ3n) is 5.61. The molecule has 4 aromatic heterocycles. The molecule has 0 saturated carbocycles. The van der Waals surface area contributed by atoms with E-state index in [2.05, 4.69) is 22.1 Å². The van der Waals surface area contributed by atoms with Crippen molar-refractivity contribution in [2.75, 3.05) is 13.1 Å². The molecule has 140 valence electrons. The van der Waals surface area contributed by atoms with Crippen molar-refractivity contribution < 1.29 is 4.79 Å². The summed E-state index contributed by atoms with van der Waals surface area (Å²) in [5, 5.41) is 1.06. The highest BCUT2D eigenvalue weighted by Crippen LogP contribution is 2.29. The first kappa shape index (κ1) is 16.9. The van der Waals surface area contributed by atoms with E-state index in [1.807, 2.05) is 52.8 Å². The van der Waals surface area contributed by atoms with Crippen LogP contribution in [-0.2, 0) is 0 Å². The number of rotatable bonds is 2. The Kier molecular flexibility index (Phi) is 4.04. The standard InChI is InChI=1S/C22H21N5O/c1-15-24-20(19-6-2-3-12-27(15)19)22(28)26-13-9-16(10-14-26)18-8-7-17-5-4-11-23-21(17)25-18/h2-8,11-12,16H,9-10,13-14H2,1H3. The van der Waals surface area contributed by atoms with Crippen LogP contribution in [0.4, 0.5) is 0 Å². The van der Waals surface area contributed by atoms with Crippen molar-refractivity contribution >= 4 is 22.5 Å². The number of carbonyl (C=O) groups excluding carboxylic acids is 1. The molecule has 1 fully saturated rings. The predicted molar refractivity (Wildman–Crippen MR) is 107 cm³/mol. The molecule has 5 heterocycles. The van der Waals surface area contributed by atoms with Gasteiger partial charge in [0.2, 0.25) is 0 Å². The summed E-state index contributed by atoms with van der Waals surface area (Å²) in [5.41, 5.74) is 3.28. The third-order valence-corrected chi connectivity index (χ3v) is 5.61. The van der Waals surface area contributed by atoms with Crippen LogP contribution < -0.4 is 0 Å². The molecule has 6 heteroatoms. The highest BCUT2D eigenvalue weighted by atomic mass is 16.2. The number of carbonyl (C=O) groups is 1. The lowest BCUT2D eigenvalue weighted by Crippen LogP contribution is -2.38. The van der Waals surface area contributed by atoms with Crippen molar-refractivity contribution in [2.24, 2.45) is 0 Å². The number of fused-ring (bicyclic) bond motifs is 2. The Hall–Kier alpha value is -3.28. The second kappa shape index (κ2) is 6.71. The van der Waals surface area contributed by atoms with E-state index >= 15 is 0 Å². The predicted octanol–water partition coefficient (Wildman–Crippen LogP) is 3.61. The molecule has 0 atom stereocenters. The second-order valence-electron chi connectivity index (χ2n) is 7.32. The minimum absolute atomic E-state index is 0.0170. The zero-order valence-corrected chi connectivity index (χ0v) is 15.7. The number of imidazole rings is 1. The van der Waals surface area contributed by atoms with E-state index in [9.17, 15) is 4.79 Å². The number of aryl methyl sites for hydroxylation is 1. The van der Waals surface area contributed by atoms with Gasteiger partial charge in [0.05, 0.1) is 5.52 Å². The molecule has 4 aromatic rings. The lowest BCUT2D eigenvalue weighted by molar-refractivity contribution is 0.0708. The maximum absolute atomic E-state index is 13.1. The van der Waals surface area contributed by atoms with Crippen LogP contribution in [0.3, 0.4) is 0 Å². The molecule has 0 N–H and O–H groups in total. The summed E-state index contributed by atoms with van der Waals surface area (Å²) in [7, 11) is 0. The van der Waals surface area contributed by atoms with Crippen LogP contribution in [0.1, 0.15) is 40.8 Å². The summed E-state index contributed by atoms with van der Waals surface area (Å²) in [5.74, 6) is 1.21. The van der Waals surface area contributed by atoms with Gasteiger partial charge in [0.15, 0.2) is 11.3 Å². The molecular formula is C22H21N5O. The van der Waals surface area contributed by atoms with Crippen molar-refractivity contribution in [1.82, 2.24) is 24.3 Å². The Balaban J connectivity index is 1.34. The van der Waals surface area contributed by atoms with Crippen molar-refractivity contribution in [3.63, 3.8) is 0 Å². The monoisotopic (exact) mass is 371 g/mol. The van der Waals surface area contributed by atoms with Crippen LogP contribution >= 0.6 is 0 Å². The van der Waals surface area contributed by atoms with Gasteiger partial charge in [0, 0.05) is 42.5 Å². The maximum Gasteiger partial charge on any atom is 0.274 e. The molecule has 28 heavy (non-hydrogen) atoms. The highest BCUT2D eigenvalue weighted by Gasteiger charge is 2.28. The molecule has 1 saturated heterocycles. The van der Waals surface area contributed by atoms with Gasteiger partial charge in [-0.1, -0.05) is 6.07 Å². The highest BCUT2D eigenvalue weighted by molar-refractivity contribution is 5.99. The Morgan fingerprint density at radius 3 is 2.75 bits per heavy atom. The SMILES string of the molecule is Cc1nc(C(=O)N2CCC(c3ccc4cccnc4n3)CC2)c2ccccn12. The van der Waals surface area contributed by atoms with E-state index < -0.39 is 0 Å². The largest absolute Gasteiger partial charge is 0.337 e. The van der Waals surface area contributed by atoms with Crippen LogP contribution in [0, 0.1) is 6.92 Å². The fraction of sp³-hybridized carbons (Fsp3) is 0.273. The lowest BCUT2D eigenvalue weighted by atomic mass is 9.92.